The number of rotatable bonds is 4. The summed E-state index contributed by atoms with van der Waals surface area (Å²) >= 11 is 0. The second-order valence-electron chi connectivity index (χ2n) is 7.19. The summed E-state index contributed by atoms with van der Waals surface area (Å²) in [6, 6.07) is 4.97. The van der Waals surface area contributed by atoms with Gasteiger partial charge in [-0.2, -0.15) is 8.78 Å². The summed E-state index contributed by atoms with van der Waals surface area (Å²) in [7, 11) is 0. The molecule has 1 aliphatic carbocycles. The van der Waals surface area contributed by atoms with Crippen LogP contribution < -0.4 is 15.0 Å². The highest BCUT2D eigenvalue weighted by Gasteiger charge is 2.36. The van der Waals surface area contributed by atoms with Crippen molar-refractivity contribution in [1.82, 2.24) is 5.32 Å². The summed E-state index contributed by atoms with van der Waals surface area (Å²) in [4.78, 5) is 20.3. The smallest absolute Gasteiger partial charge is 0.414 e. The van der Waals surface area contributed by atoms with Crippen molar-refractivity contribution in [1.29, 1.82) is 0 Å². The van der Waals surface area contributed by atoms with E-state index in [0.717, 1.165) is 25.7 Å². The Labute approximate surface area is 170 Å². The molecule has 0 unspecified atom stereocenters. The van der Waals surface area contributed by atoms with Crippen molar-refractivity contribution < 1.29 is 42.1 Å². The van der Waals surface area contributed by atoms with E-state index in [1.165, 1.54) is 12.1 Å². The van der Waals surface area contributed by atoms with Crippen molar-refractivity contribution >= 4 is 17.6 Å². The number of carbonyl (C=O) groups is 2. The summed E-state index contributed by atoms with van der Waals surface area (Å²) in [6.45, 7) is -0.339. The first-order chi connectivity index (χ1) is 14.1. The Kier molecular flexibility index (Phi) is 8.27. The standard InChI is InChI=1S/C17H22F4N2O.C2H2O4/c1-10-9-23(14-5-3-2-4-13(14)22-10)11-6-7-15(24-17(20)21)12(8-11)16(18)19;3-1(4)2(5)6/h6-8,10,13-14,16-17,22H,2-5,9H2,1H3;(H,3,4)(H,5,6)/t10-,13+,14+;/m0./s1. The fourth-order valence-electron chi connectivity index (χ4n) is 3.91. The van der Waals surface area contributed by atoms with E-state index >= 15 is 0 Å². The fraction of sp³-hybridized carbons (Fsp3) is 0.579. The topological polar surface area (TPSA) is 99.1 Å². The molecule has 2 aliphatic rings. The Bertz CT molecular complexity index is 738. The molecule has 0 radical (unpaired) electrons. The van der Waals surface area contributed by atoms with E-state index in [-0.39, 0.29) is 12.1 Å². The lowest BCUT2D eigenvalue weighted by Crippen LogP contribution is -2.62. The van der Waals surface area contributed by atoms with Gasteiger partial charge in [-0.05, 0) is 38.0 Å². The summed E-state index contributed by atoms with van der Waals surface area (Å²) in [5.41, 5.74) is 0.170. The summed E-state index contributed by atoms with van der Waals surface area (Å²) in [5.74, 6) is -4.10. The van der Waals surface area contributed by atoms with Crippen LogP contribution in [0.2, 0.25) is 0 Å². The molecular weight excluding hydrogens is 412 g/mol. The lowest BCUT2D eigenvalue weighted by atomic mass is 9.86. The number of hydrogen-bond acceptors (Lipinski definition) is 5. The molecule has 2 fully saturated rings. The molecule has 1 aromatic carbocycles. The first-order valence-corrected chi connectivity index (χ1v) is 9.46. The first kappa shape index (κ1) is 23.7. The van der Waals surface area contributed by atoms with Gasteiger partial charge in [0.05, 0.1) is 5.56 Å². The summed E-state index contributed by atoms with van der Waals surface area (Å²) < 4.78 is 55.6. The number of anilines is 1. The van der Waals surface area contributed by atoms with Gasteiger partial charge in [0.25, 0.3) is 6.43 Å². The highest BCUT2D eigenvalue weighted by molar-refractivity contribution is 6.27. The molecule has 3 atom stereocenters. The molecule has 7 nitrogen and oxygen atoms in total. The van der Waals surface area contributed by atoms with E-state index in [2.05, 4.69) is 21.9 Å². The van der Waals surface area contributed by atoms with Crippen molar-refractivity contribution in [3.8, 4) is 5.75 Å². The second kappa shape index (κ2) is 10.5. The van der Waals surface area contributed by atoms with Crippen molar-refractivity contribution in [2.45, 2.75) is 63.8 Å². The molecule has 30 heavy (non-hydrogen) atoms. The third kappa shape index (κ3) is 6.22. The van der Waals surface area contributed by atoms with Crippen LogP contribution in [0.15, 0.2) is 18.2 Å². The third-order valence-corrected chi connectivity index (χ3v) is 5.06. The minimum absolute atomic E-state index is 0.247. The quantitative estimate of drug-likeness (QED) is 0.491. The zero-order chi connectivity index (χ0) is 22.4. The lowest BCUT2D eigenvalue weighted by Gasteiger charge is -2.48. The molecular formula is C19H24F4N2O5. The van der Waals surface area contributed by atoms with E-state index in [9.17, 15) is 17.6 Å². The molecule has 1 aromatic rings. The number of hydrogen-bond donors (Lipinski definition) is 3. The van der Waals surface area contributed by atoms with Crippen LogP contribution in [-0.2, 0) is 9.59 Å². The van der Waals surface area contributed by atoms with Crippen LogP contribution >= 0.6 is 0 Å². The first-order valence-electron chi connectivity index (χ1n) is 9.46. The van der Waals surface area contributed by atoms with Crippen LogP contribution in [0, 0.1) is 0 Å². The van der Waals surface area contributed by atoms with Crippen molar-refractivity contribution in [3.63, 3.8) is 0 Å². The molecule has 1 saturated heterocycles. The van der Waals surface area contributed by atoms with E-state index in [4.69, 9.17) is 19.8 Å². The Morgan fingerprint density at radius 1 is 1.13 bits per heavy atom. The number of halogens is 4. The Hall–Kier alpha value is -2.56. The molecule has 11 heteroatoms. The largest absolute Gasteiger partial charge is 0.473 e. The summed E-state index contributed by atoms with van der Waals surface area (Å²) in [6.07, 6.45) is 1.49. The molecule has 168 valence electrons. The molecule has 0 amide bonds. The van der Waals surface area contributed by atoms with E-state index < -0.39 is 36.3 Å². The van der Waals surface area contributed by atoms with Crippen LogP contribution in [0.1, 0.15) is 44.6 Å². The van der Waals surface area contributed by atoms with Gasteiger partial charge < -0.3 is 25.2 Å². The Morgan fingerprint density at radius 3 is 2.33 bits per heavy atom. The zero-order valence-electron chi connectivity index (χ0n) is 16.2. The predicted octanol–water partition coefficient (Wildman–Crippen LogP) is 3.49. The van der Waals surface area contributed by atoms with Gasteiger partial charge >= 0.3 is 18.6 Å². The van der Waals surface area contributed by atoms with Crippen LogP contribution in [0.4, 0.5) is 23.2 Å². The molecule has 1 aliphatic heterocycles. The number of aliphatic carboxylic acids is 2. The SMILES string of the molecule is C[C@H]1CN(c2ccc(OC(F)F)c(C(F)F)c2)[C@@H]2CCCC[C@H]2N1.O=C(O)C(=O)O. The van der Waals surface area contributed by atoms with Gasteiger partial charge in [0.1, 0.15) is 5.75 Å². The van der Waals surface area contributed by atoms with Gasteiger partial charge in [-0.15, -0.1) is 0 Å². The minimum Gasteiger partial charge on any atom is -0.473 e. The Balaban J connectivity index is 0.000000469. The van der Waals surface area contributed by atoms with E-state index in [1.807, 2.05) is 0 Å². The molecule has 0 aromatic heterocycles. The van der Waals surface area contributed by atoms with E-state index in [1.54, 1.807) is 6.07 Å². The maximum Gasteiger partial charge on any atom is 0.414 e. The number of nitrogens with one attached hydrogen (secondary N) is 1. The number of fused-ring (bicyclic) bond motifs is 1. The number of alkyl halides is 4. The number of carboxylic acids is 2. The van der Waals surface area contributed by atoms with Crippen molar-refractivity contribution in [3.05, 3.63) is 23.8 Å². The number of ether oxygens (including phenoxy) is 1. The highest BCUT2D eigenvalue weighted by atomic mass is 19.3. The third-order valence-electron chi connectivity index (χ3n) is 5.06. The van der Waals surface area contributed by atoms with Crippen LogP contribution in [0.3, 0.4) is 0 Å². The van der Waals surface area contributed by atoms with Gasteiger partial charge in [-0.1, -0.05) is 12.8 Å². The van der Waals surface area contributed by atoms with Gasteiger partial charge in [0.2, 0.25) is 0 Å². The zero-order valence-corrected chi connectivity index (χ0v) is 16.2. The second-order valence-corrected chi connectivity index (χ2v) is 7.19. The Morgan fingerprint density at radius 2 is 1.77 bits per heavy atom. The summed E-state index contributed by atoms with van der Waals surface area (Å²) in [5, 5.41) is 18.4. The number of carboxylic acid groups (broad SMARTS) is 2. The monoisotopic (exact) mass is 436 g/mol. The van der Waals surface area contributed by atoms with Crippen LogP contribution in [-0.4, -0.2) is 53.4 Å². The molecule has 1 saturated carbocycles. The van der Waals surface area contributed by atoms with Gasteiger partial charge in [0.15, 0.2) is 0 Å². The van der Waals surface area contributed by atoms with Gasteiger partial charge in [-0.3, -0.25) is 0 Å². The van der Waals surface area contributed by atoms with Crippen LogP contribution in [0.5, 0.6) is 5.75 Å². The number of benzene rings is 1. The van der Waals surface area contributed by atoms with Gasteiger partial charge in [-0.25, -0.2) is 18.4 Å². The molecule has 3 rings (SSSR count). The lowest BCUT2D eigenvalue weighted by molar-refractivity contribution is -0.159. The van der Waals surface area contributed by atoms with Crippen LogP contribution in [0.25, 0.3) is 0 Å². The number of nitrogens with zero attached hydrogens (tertiary/aromatic N) is 1. The molecule has 1 heterocycles. The normalized spacial score (nSPS) is 23.4. The molecule has 3 N–H and O–H groups in total. The maximum atomic E-state index is 13.3. The maximum absolute atomic E-state index is 13.3. The minimum atomic E-state index is -3.12. The molecule has 0 spiro atoms. The fourth-order valence-corrected chi connectivity index (χ4v) is 3.91. The van der Waals surface area contributed by atoms with Crippen molar-refractivity contribution in [2.75, 3.05) is 11.4 Å². The highest BCUT2D eigenvalue weighted by Crippen LogP contribution is 2.37. The molecule has 0 bridgehead atoms. The predicted molar refractivity (Wildman–Crippen MR) is 99.3 cm³/mol. The van der Waals surface area contributed by atoms with Gasteiger partial charge in [0, 0.05) is 30.4 Å². The van der Waals surface area contributed by atoms with E-state index in [0.29, 0.717) is 18.3 Å². The average molecular weight is 436 g/mol. The number of piperazine rings is 1. The average Bonchev–Trinajstić information content (AvgIpc) is 2.67. The van der Waals surface area contributed by atoms with Crippen molar-refractivity contribution in [2.24, 2.45) is 0 Å².